The van der Waals surface area contributed by atoms with Crippen LogP contribution in [0.15, 0.2) is 0 Å². The van der Waals surface area contributed by atoms with Gasteiger partial charge in [0.2, 0.25) is 0 Å². The highest BCUT2D eigenvalue weighted by Crippen LogP contribution is 2.00. The van der Waals surface area contributed by atoms with Gasteiger partial charge in [-0.2, -0.15) is 0 Å². The van der Waals surface area contributed by atoms with Crippen LogP contribution in [0.5, 0.6) is 0 Å². The first-order valence-electron chi connectivity index (χ1n) is 5.69. The average Bonchev–Trinajstić information content (AvgIpc) is 2.46. The van der Waals surface area contributed by atoms with Crippen molar-refractivity contribution >= 4 is 0 Å². The van der Waals surface area contributed by atoms with Gasteiger partial charge in [-0.1, -0.05) is 19.8 Å². The molecule has 1 aliphatic rings. The molecule has 2 unspecified atom stereocenters. The number of halogens is 1. The van der Waals surface area contributed by atoms with E-state index < -0.39 is 0 Å². The lowest BCUT2D eigenvalue weighted by Crippen LogP contribution is -3.13. The monoisotopic (exact) mass is 189 g/mol. The molecule has 0 aromatic rings. The molecular formula is C11H24FN. The van der Waals surface area contributed by atoms with Crippen molar-refractivity contribution in [3.63, 3.8) is 0 Å². The summed E-state index contributed by atoms with van der Waals surface area (Å²) in [6, 6.07) is 0.951. The van der Waals surface area contributed by atoms with Crippen molar-refractivity contribution in [2.24, 2.45) is 0 Å². The molecule has 0 amide bonds. The van der Waals surface area contributed by atoms with Gasteiger partial charge in [0, 0.05) is 12.8 Å². The molecule has 2 heteroatoms. The minimum Gasteiger partial charge on any atom is -1.00 e. The number of hydrogen-bond donors (Lipinski definition) is 1. The van der Waals surface area contributed by atoms with Crippen molar-refractivity contribution in [3.8, 4) is 0 Å². The molecule has 0 spiro atoms. The standard InChI is InChI=1S/C11H23N.FH/c1-3-4-5-6-9-12-10-7-8-11(12)2;/h11H,3-10H2,1-2H3;1H. The zero-order valence-electron chi connectivity index (χ0n) is 9.11. The highest BCUT2D eigenvalue weighted by Gasteiger charge is 2.22. The number of rotatable bonds is 5. The molecule has 1 nitrogen and oxygen atoms in total. The Morgan fingerprint density at radius 3 is 2.54 bits per heavy atom. The van der Waals surface area contributed by atoms with E-state index in [-0.39, 0.29) is 4.70 Å². The summed E-state index contributed by atoms with van der Waals surface area (Å²) in [5, 5.41) is 0. The van der Waals surface area contributed by atoms with Crippen molar-refractivity contribution in [2.45, 2.75) is 58.4 Å². The number of hydrogen-bond acceptors (Lipinski definition) is 0. The SMILES string of the molecule is CCCCCC[NH+]1CCCC1C.[F-]. The van der Waals surface area contributed by atoms with E-state index in [2.05, 4.69) is 13.8 Å². The van der Waals surface area contributed by atoms with Gasteiger partial charge >= 0.3 is 0 Å². The van der Waals surface area contributed by atoms with Crippen molar-refractivity contribution in [1.29, 1.82) is 0 Å². The number of likely N-dealkylation sites (tertiary alicyclic amines) is 1. The van der Waals surface area contributed by atoms with E-state index in [0.717, 1.165) is 6.04 Å². The Balaban J connectivity index is 0.00000144. The van der Waals surface area contributed by atoms with Crippen molar-refractivity contribution in [3.05, 3.63) is 0 Å². The van der Waals surface area contributed by atoms with Crippen LogP contribution in [-0.4, -0.2) is 19.1 Å². The maximum absolute atomic E-state index is 2.40. The van der Waals surface area contributed by atoms with Gasteiger partial charge in [-0.3, -0.25) is 0 Å². The Morgan fingerprint density at radius 2 is 2.00 bits per heavy atom. The van der Waals surface area contributed by atoms with E-state index in [4.69, 9.17) is 0 Å². The molecule has 0 bridgehead atoms. The Labute approximate surface area is 81.9 Å². The molecule has 0 aliphatic carbocycles. The van der Waals surface area contributed by atoms with Gasteiger partial charge in [0.15, 0.2) is 0 Å². The third-order valence-electron chi connectivity index (χ3n) is 3.18. The summed E-state index contributed by atoms with van der Waals surface area (Å²) >= 11 is 0. The lowest BCUT2D eigenvalue weighted by molar-refractivity contribution is -0.910. The molecular weight excluding hydrogens is 165 g/mol. The van der Waals surface area contributed by atoms with Crippen LogP contribution in [-0.2, 0) is 0 Å². The fourth-order valence-corrected chi connectivity index (χ4v) is 2.24. The fraction of sp³-hybridized carbons (Fsp3) is 1.00. The summed E-state index contributed by atoms with van der Waals surface area (Å²) in [6.45, 7) is 7.56. The first kappa shape index (κ1) is 12.9. The molecule has 13 heavy (non-hydrogen) atoms. The molecule has 0 saturated carbocycles. The van der Waals surface area contributed by atoms with Crippen LogP contribution in [0.2, 0.25) is 0 Å². The van der Waals surface area contributed by atoms with E-state index in [0.29, 0.717) is 0 Å². The van der Waals surface area contributed by atoms with E-state index in [1.165, 1.54) is 51.6 Å². The Morgan fingerprint density at radius 1 is 1.23 bits per heavy atom. The second-order valence-electron chi connectivity index (χ2n) is 4.26. The Kier molecular flexibility index (Phi) is 7.25. The third kappa shape index (κ3) is 4.61. The minimum atomic E-state index is 0. The lowest BCUT2D eigenvalue weighted by atomic mass is 10.2. The number of quaternary nitrogens is 1. The van der Waals surface area contributed by atoms with Gasteiger partial charge in [0.1, 0.15) is 0 Å². The van der Waals surface area contributed by atoms with Crippen LogP contribution < -0.4 is 9.60 Å². The van der Waals surface area contributed by atoms with Gasteiger partial charge in [-0.15, -0.1) is 0 Å². The van der Waals surface area contributed by atoms with Crippen molar-refractivity contribution < 1.29 is 9.60 Å². The second-order valence-corrected chi connectivity index (χ2v) is 4.26. The predicted octanol–water partition coefficient (Wildman–Crippen LogP) is -1.36. The van der Waals surface area contributed by atoms with E-state index >= 15 is 0 Å². The second kappa shape index (κ2) is 7.31. The van der Waals surface area contributed by atoms with Gasteiger partial charge in [-0.25, -0.2) is 0 Å². The molecule has 1 rings (SSSR count). The quantitative estimate of drug-likeness (QED) is 0.510. The summed E-state index contributed by atoms with van der Waals surface area (Å²) in [4.78, 5) is 1.87. The molecule has 0 aromatic heterocycles. The zero-order chi connectivity index (χ0) is 8.81. The number of unbranched alkanes of at least 4 members (excludes halogenated alkanes) is 3. The van der Waals surface area contributed by atoms with Crippen molar-refractivity contribution in [1.82, 2.24) is 0 Å². The summed E-state index contributed by atoms with van der Waals surface area (Å²) in [6.07, 6.45) is 8.63. The third-order valence-corrected chi connectivity index (χ3v) is 3.18. The van der Waals surface area contributed by atoms with Crippen LogP contribution in [0.25, 0.3) is 0 Å². The Bertz CT molecular complexity index is 117. The van der Waals surface area contributed by atoms with E-state index in [1.807, 2.05) is 4.90 Å². The first-order chi connectivity index (χ1) is 5.84. The van der Waals surface area contributed by atoms with Crippen molar-refractivity contribution in [2.75, 3.05) is 13.1 Å². The van der Waals surface area contributed by atoms with Gasteiger partial charge < -0.3 is 9.60 Å². The molecule has 1 aliphatic heterocycles. The first-order valence-corrected chi connectivity index (χ1v) is 5.69. The molecule has 1 N–H and O–H groups in total. The largest absolute Gasteiger partial charge is 1.00 e. The molecule has 2 atom stereocenters. The highest BCUT2D eigenvalue weighted by molar-refractivity contribution is 4.55. The van der Waals surface area contributed by atoms with Gasteiger partial charge in [-0.05, 0) is 19.8 Å². The fourth-order valence-electron chi connectivity index (χ4n) is 2.24. The van der Waals surface area contributed by atoms with Crippen LogP contribution in [0, 0.1) is 0 Å². The maximum atomic E-state index is 2.40. The molecule has 0 radical (unpaired) electrons. The molecule has 80 valence electrons. The molecule has 0 aromatic carbocycles. The van der Waals surface area contributed by atoms with Crippen LogP contribution in [0.4, 0.5) is 0 Å². The van der Waals surface area contributed by atoms with Gasteiger partial charge in [0.25, 0.3) is 0 Å². The number of nitrogens with one attached hydrogen (secondary N) is 1. The zero-order valence-corrected chi connectivity index (χ0v) is 9.11. The lowest BCUT2D eigenvalue weighted by Gasteiger charge is -2.17. The topological polar surface area (TPSA) is 4.44 Å². The highest BCUT2D eigenvalue weighted by atomic mass is 19.0. The van der Waals surface area contributed by atoms with Crippen LogP contribution in [0.3, 0.4) is 0 Å². The smallest absolute Gasteiger partial charge is 0.0848 e. The summed E-state index contributed by atoms with van der Waals surface area (Å²) < 4.78 is 0. The summed E-state index contributed by atoms with van der Waals surface area (Å²) in [7, 11) is 0. The van der Waals surface area contributed by atoms with E-state index in [9.17, 15) is 0 Å². The van der Waals surface area contributed by atoms with Gasteiger partial charge in [0.05, 0.1) is 19.1 Å². The van der Waals surface area contributed by atoms with Crippen LogP contribution >= 0.6 is 0 Å². The molecule has 1 saturated heterocycles. The normalized spacial score (nSPS) is 27.2. The predicted molar refractivity (Wildman–Crippen MR) is 53.5 cm³/mol. The molecule has 1 heterocycles. The maximum Gasteiger partial charge on any atom is 0.0848 e. The summed E-state index contributed by atoms with van der Waals surface area (Å²) in [5.41, 5.74) is 0. The Hall–Kier alpha value is -0.110. The molecule has 1 fully saturated rings. The summed E-state index contributed by atoms with van der Waals surface area (Å²) in [5.74, 6) is 0. The minimum absolute atomic E-state index is 0. The van der Waals surface area contributed by atoms with Crippen LogP contribution in [0.1, 0.15) is 52.4 Å². The van der Waals surface area contributed by atoms with E-state index in [1.54, 1.807) is 0 Å². The average molecular weight is 189 g/mol.